The van der Waals surface area contributed by atoms with Crippen LogP contribution in [0.15, 0.2) is 63.1 Å². The van der Waals surface area contributed by atoms with E-state index in [1.165, 1.54) is 36.9 Å². The first-order valence-corrected chi connectivity index (χ1v) is 9.96. The van der Waals surface area contributed by atoms with Crippen molar-refractivity contribution in [1.29, 1.82) is 0 Å². The first-order chi connectivity index (χ1) is 14.4. The van der Waals surface area contributed by atoms with E-state index < -0.39 is 17.1 Å². The average molecular weight is 426 g/mol. The summed E-state index contributed by atoms with van der Waals surface area (Å²) in [5.74, 6) is -0.671. The number of rotatable bonds is 4. The van der Waals surface area contributed by atoms with Crippen molar-refractivity contribution >= 4 is 22.8 Å². The lowest BCUT2D eigenvalue weighted by atomic mass is 10.2. The van der Waals surface area contributed by atoms with Crippen LogP contribution in [0.5, 0.6) is 0 Å². The van der Waals surface area contributed by atoms with Crippen LogP contribution < -0.4 is 11.2 Å². The lowest BCUT2D eigenvalue weighted by molar-refractivity contribution is 0.617. The van der Waals surface area contributed by atoms with Crippen LogP contribution in [-0.4, -0.2) is 19.1 Å². The summed E-state index contributed by atoms with van der Waals surface area (Å²) in [4.78, 5) is 33.9. The lowest BCUT2D eigenvalue weighted by Gasteiger charge is -2.12. The Hall–Kier alpha value is -3.33. The van der Waals surface area contributed by atoms with Gasteiger partial charge >= 0.3 is 5.69 Å². The number of fused-ring (bicyclic) bond motifs is 1. The molecule has 0 fully saturated rings. The summed E-state index contributed by atoms with van der Waals surface area (Å²) >= 11 is 1.13. The van der Waals surface area contributed by atoms with Crippen molar-refractivity contribution in [2.45, 2.75) is 10.8 Å². The van der Waals surface area contributed by atoms with Crippen molar-refractivity contribution in [3.63, 3.8) is 0 Å². The fraction of sp³-hybridized carbons (Fsp3) is 0.143. The van der Waals surface area contributed by atoms with E-state index in [2.05, 4.69) is 9.97 Å². The Kier molecular flexibility index (Phi) is 5.21. The van der Waals surface area contributed by atoms with Crippen LogP contribution in [0.2, 0.25) is 0 Å². The molecule has 152 valence electrons. The molecule has 0 unspecified atom stereocenters. The number of thioether (sulfide) groups is 1. The van der Waals surface area contributed by atoms with Gasteiger partial charge in [0.05, 0.1) is 5.56 Å². The number of aromatic nitrogens is 4. The van der Waals surface area contributed by atoms with Gasteiger partial charge in [0.25, 0.3) is 5.56 Å². The van der Waals surface area contributed by atoms with Gasteiger partial charge < -0.3 is 0 Å². The molecule has 2 aromatic carbocycles. The van der Waals surface area contributed by atoms with Crippen molar-refractivity contribution in [1.82, 2.24) is 19.1 Å². The summed E-state index contributed by atoms with van der Waals surface area (Å²) in [5.41, 5.74) is -0.462. The molecule has 0 aliphatic carbocycles. The van der Waals surface area contributed by atoms with Crippen LogP contribution in [0.3, 0.4) is 0 Å². The van der Waals surface area contributed by atoms with Crippen LogP contribution in [0, 0.1) is 11.6 Å². The Morgan fingerprint density at radius 1 is 0.900 bits per heavy atom. The number of aryl methyl sites for hydroxylation is 1. The van der Waals surface area contributed by atoms with Gasteiger partial charge in [-0.25, -0.2) is 23.5 Å². The van der Waals surface area contributed by atoms with Crippen molar-refractivity contribution < 1.29 is 8.78 Å². The third kappa shape index (κ3) is 3.41. The second-order valence-corrected chi connectivity index (χ2v) is 7.58. The molecule has 0 N–H and O–H groups in total. The van der Waals surface area contributed by atoms with Gasteiger partial charge in [0.1, 0.15) is 22.0 Å². The zero-order valence-electron chi connectivity index (χ0n) is 16.1. The number of benzene rings is 2. The number of hydrogen-bond acceptors (Lipinski definition) is 5. The molecule has 0 saturated heterocycles. The first-order valence-electron chi connectivity index (χ1n) is 8.97. The van der Waals surface area contributed by atoms with Gasteiger partial charge in [-0.05, 0) is 23.8 Å². The fourth-order valence-corrected chi connectivity index (χ4v) is 4.06. The summed E-state index contributed by atoms with van der Waals surface area (Å²) in [6, 6.07) is 12.3. The molecule has 30 heavy (non-hydrogen) atoms. The molecule has 0 saturated carbocycles. The van der Waals surface area contributed by atoms with Crippen molar-refractivity contribution in [3.05, 3.63) is 86.6 Å². The molecule has 4 aromatic rings. The Morgan fingerprint density at radius 2 is 1.57 bits per heavy atom. The van der Waals surface area contributed by atoms with Crippen molar-refractivity contribution in [2.75, 3.05) is 0 Å². The Morgan fingerprint density at radius 3 is 2.27 bits per heavy atom. The number of nitrogens with zero attached hydrogens (tertiary/aromatic N) is 4. The minimum absolute atomic E-state index is 0.0416. The highest BCUT2D eigenvalue weighted by Crippen LogP contribution is 2.29. The van der Waals surface area contributed by atoms with Gasteiger partial charge in [-0.2, -0.15) is 0 Å². The summed E-state index contributed by atoms with van der Waals surface area (Å²) in [5, 5.41) is 0.374. The summed E-state index contributed by atoms with van der Waals surface area (Å²) in [7, 11) is 2.84. The third-order valence-electron chi connectivity index (χ3n) is 4.70. The highest BCUT2D eigenvalue weighted by Gasteiger charge is 2.19. The van der Waals surface area contributed by atoms with Crippen molar-refractivity contribution in [3.8, 4) is 11.4 Å². The molecule has 2 heterocycles. The van der Waals surface area contributed by atoms with Crippen LogP contribution in [0.25, 0.3) is 22.4 Å². The fourth-order valence-electron chi connectivity index (χ4n) is 3.06. The van der Waals surface area contributed by atoms with Crippen molar-refractivity contribution in [2.24, 2.45) is 14.1 Å². The zero-order chi connectivity index (χ0) is 21.4. The number of hydrogen-bond donors (Lipinski definition) is 0. The number of halogens is 2. The van der Waals surface area contributed by atoms with Crippen LogP contribution >= 0.6 is 11.8 Å². The predicted octanol–water partition coefficient (Wildman–Crippen LogP) is 3.26. The molecule has 0 aliphatic heterocycles. The smallest absolute Gasteiger partial charge is 0.280 e. The SMILES string of the molecule is Cn1c(=O)c2c(SCc3ccccc3F)nc(-c3ccccc3F)nc2n(C)c1=O. The molecule has 9 heteroatoms. The maximum Gasteiger partial charge on any atom is 0.332 e. The van der Waals surface area contributed by atoms with Gasteiger partial charge in [-0.1, -0.05) is 30.3 Å². The maximum absolute atomic E-state index is 14.4. The second-order valence-electron chi connectivity index (χ2n) is 6.62. The van der Waals surface area contributed by atoms with Crippen LogP contribution in [0.4, 0.5) is 8.78 Å². The topological polar surface area (TPSA) is 69.8 Å². The Bertz CT molecular complexity index is 1400. The highest BCUT2D eigenvalue weighted by atomic mass is 32.2. The predicted molar refractivity (Wildman–Crippen MR) is 111 cm³/mol. The lowest BCUT2D eigenvalue weighted by Crippen LogP contribution is -2.37. The molecular formula is C21H16F2N4O2S. The quantitative estimate of drug-likeness (QED) is 0.370. The van der Waals surface area contributed by atoms with Gasteiger partial charge in [-0.3, -0.25) is 13.9 Å². The van der Waals surface area contributed by atoms with Crippen LogP contribution in [0.1, 0.15) is 5.56 Å². The van der Waals surface area contributed by atoms with E-state index in [1.807, 2.05) is 0 Å². The maximum atomic E-state index is 14.4. The third-order valence-corrected chi connectivity index (χ3v) is 5.73. The van der Waals surface area contributed by atoms with E-state index in [4.69, 9.17) is 0 Å². The summed E-state index contributed by atoms with van der Waals surface area (Å²) in [6.07, 6.45) is 0. The standard InChI is InChI=1S/C21H16F2N4O2S/c1-26-18-16(20(28)27(2)21(26)29)19(30-11-12-7-3-5-9-14(12)22)25-17(24-18)13-8-4-6-10-15(13)23/h3-10H,11H2,1-2H3. The molecule has 0 aliphatic rings. The summed E-state index contributed by atoms with van der Waals surface area (Å²) < 4.78 is 30.6. The Balaban J connectivity index is 1.96. The van der Waals surface area contributed by atoms with E-state index in [-0.39, 0.29) is 39.0 Å². The summed E-state index contributed by atoms with van der Waals surface area (Å²) in [6.45, 7) is 0. The van der Waals surface area contributed by atoms with E-state index in [9.17, 15) is 18.4 Å². The van der Waals surface area contributed by atoms with Gasteiger partial charge in [0.2, 0.25) is 0 Å². The second kappa shape index (κ2) is 7.83. The average Bonchev–Trinajstić information content (AvgIpc) is 2.75. The molecule has 2 aromatic heterocycles. The monoisotopic (exact) mass is 426 g/mol. The normalized spacial score (nSPS) is 11.2. The van der Waals surface area contributed by atoms with E-state index >= 15 is 0 Å². The van der Waals surface area contributed by atoms with E-state index in [0.717, 1.165) is 16.3 Å². The van der Waals surface area contributed by atoms with Gasteiger partial charge in [0.15, 0.2) is 11.5 Å². The molecule has 0 bridgehead atoms. The highest BCUT2D eigenvalue weighted by molar-refractivity contribution is 7.98. The zero-order valence-corrected chi connectivity index (χ0v) is 16.9. The molecule has 0 atom stereocenters. The first kappa shape index (κ1) is 20.0. The van der Waals surface area contributed by atoms with Gasteiger partial charge in [-0.15, -0.1) is 11.8 Å². The van der Waals surface area contributed by atoms with E-state index in [1.54, 1.807) is 30.3 Å². The van der Waals surface area contributed by atoms with Crippen LogP contribution in [-0.2, 0) is 19.8 Å². The minimum atomic E-state index is -0.566. The largest absolute Gasteiger partial charge is 0.332 e. The minimum Gasteiger partial charge on any atom is -0.280 e. The Labute approximate surface area is 173 Å². The molecule has 0 spiro atoms. The molecule has 4 rings (SSSR count). The molecule has 0 amide bonds. The van der Waals surface area contributed by atoms with E-state index in [0.29, 0.717) is 5.56 Å². The van der Waals surface area contributed by atoms with Gasteiger partial charge in [0, 0.05) is 19.8 Å². The molecule has 6 nitrogen and oxygen atoms in total. The molecular weight excluding hydrogens is 410 g/mol. The molecule has 0 radical (unpaired) electrons.